The normalized spacial score (nSPS) is 10.4. The smallest absolute Gasteiger partial charge is 0.112 e. The fourth-order valence-electron chi connectivity index (χ4n) is 1.17. The third-order valence-corrected chi connectivity index (χ3v) is 2.40. The van der Waals surface area contributed by atoms with E-state index in [9.17, 15) is 0 Å². The Labute approximate surface area is 74.9 Å². The predicted molar refractivity (Wildman–Crippen MR) is 52.2 cm³/mol. The zero-order valence-electron chi connectivity index (χ0n) is 6.74. The van der Waals surface area contributed by atoms with Gasteiger partial charge in [0.05, 0.1) is 11.7 Å². The van der Waals surface area contributed by atoms with E-state index >= 15 is 0 Å². The van der Waals surface area contributed by atoms with Crippen molar-refractivity contribution in [2.24, 2.45) is 0 Å². The maximum absolute atomic E-state index is 4.21. The second kappa shape index (κ2) is 2.68. The van der Waals surface area contributed by atoms with Gasteiger partial charge in [-0.2, -0.15) is 8.75 Å². The highest BCUT2D eigenvalue weighted by Gasteiger charge is 2.04. The second-order valence-electron chi connectivity index (χ2n) is 2.64. The van der Waals surface area contributed by atoms with E-state index in [0.29, 0.717) is 0 Å². The van der Waals surface area contributed by atoms with E-state index in [-0.39, 0.29) is 0 Å². The maximum Gasteiger partial charge on any atom is 0.112 e. The summed E-state index contributed by atoms with van der Waals surface area (Å²) in [6, 6.07) is 4.06. The van der Waals surface area contributed by atoms with Gasteiger partial charge in [0, 0.05) is 5.56 Å². The first kappa shape index (κ1) is 7.43. The van der Waals surface area contributed by atoms with Crippen molar-refractivity contribution in [3.63, 3.8) is 0 Å². The average Bonchev–Trinajstić information content (AvgIpc) is 2.54. The summed E-state index contributed by atoms with van der Waals surface area (Å²) in [5, 5.41) is 0. The van der Waals surface area contributed by atoms with E-state index in [1.807, 2.05) is 25.1 Å². The second-order valence-corrected chi connectivity index (χ2v) is 3.17. The summed E-state index contributed by atoms with van der Waals surface area (Å²) in [6.45, 7) is 5.77. The molecule has 0 bridgehead atoms. The first-order valence-corrected chi connectivity index (χ1v) is 4.40. The highest BCUT2D eigenvalue weighted by Crippen LogP contribution is 2.20. The minimum atomic E-state index is 0.968. The molecule has 0 aliphatic carbocycles. The Hall–Kier alpha value is -1.22. The summed E-state index contributed by atoms with van der Waals surface area (Å²) >= 11 is 1.25. The van der Waals surface area contributed by atoms with Crippen molar-refractivity contribution in [3.8, 4) is 0 Å². The lowest BCUT2D eigenvalue weighted by Gasteiger charge is -1.95. The molecule has 1 aromatic heterocycles. The SMILES string of the molecule is C=Cc1ccc(C)c2nsnc12. The standard InChI is InChI=1S/C9H8N2S/c1-3-7-5-4-6(2)8-9(7)11-12-10-8/h3-5H,1H2,2H3. The molecule has 0 aliphatic heterocycles. The Morgan fingerprint density at radius 1 is 1.33 bits per heavy atom. The Morgan fingerprint density at radius 2 is 2.08 bits per heavy atom. The van der Waals surface area contributed by atoms with Crippen LogP contribution in [0, 0.1) is 6.92 Å². The highest BCUT2D eigenvalue weighted by atomic mass is 32.1. The van der Waals surface area contributed by atoms with Gasteiger partial charge >= 0.3 is 0 Å². The highest BCUT2D eigenvalue weighted by molar-refractivity contribution is 7.00. The lowest BCUT2D eigenvalue weighted by atomic mass is 10.1. The third-order valence-electron chi connectivity index (χ3n) is 1.87. The molecule has 2 nitrogen and oxygen atoms in total. The fraction of sp³-hybridized carbons (Fsp3) is 0.111. The largest absolute Gasteiger partial charge is 0.173 e. The van der Waals surface area contributed by atoms with Crippen molar-refractivity contribution < 1.29 is 0 Å². The topological polar surface area (TPSA) is 25.8 Å². The Morgan fingerprint density at radius 3 is 2.83 bits per heavy atom. The van der Waals surface area contributed by atoms with Crippen LogP contribution in [0.25, 0.3) is 17.1 Å². The minimum Gasteiger partial charge on any atom is -0.173 e. The van der Waals surface area contributed by atoms with Gasteiger partial charge in [0.1, 0.15) is 11.0 Å². The van der Waals surface area contributed by atoms with Gasteiger partial charge in [-0.1, -0.05) is 24.8 Å². The fourth-order valence-corrected chi connectivity index (χ4v) is 1.80. The van der Waals surface area contributed by atoms with E-state index in [4.69, 9.17) is 0 Å². The molecule has 12 heavy (non-hydrogen) atoms. The molecule has 0 amide bonds. The molecule has 0 spiro atoms. The molecular weight excluding hydrogens is 168 g/mol. The summed E-state index contributed by atoms with van der Waals surface area (Å²) in [4.78, 5) is 0. The first-order valence-electron chi connectivity index (χ1n) is 3.67. The van der Waals surface area contributed by atoms with Crippen LogP contribution in [0.15, 0.2) is 18.7 Å². The Kier molecular flexibility index (Phi) is 1.66. The molecule has 0 atom stereocenters. The van der Waals surface area contributed by atoms with Crippen LogP contribution < -0.4 is 0 Å². The monoisotopic (exact) mass is 176 g/mol. The molecule has 60 valence electrons. The van der Waals surface area contributed by atoms with E-state index in [2.05, 4.69) is 15.3 Å². The van der Waals surface area contributed by atoms with Gasteiger partial charge in [-0.25, -0.2) is 0 Å². The molecule has 1 aromatic carbocycles. The number of hydrogen-bond acceptors (Lipinski definition) is 3. The summed E-state index contributed by atoms with van der Waals surface area (Å²) in [6.07, 6.45) is 1.81. The molecule has 0 radical (unpaired) electrons. The predicted octanol–water partition coefficient (Wildman–Crippen LogP) is 2.64. The summed E-state index contributed by atoms with van der Waals surface area (Å²) in [7, 11) is 0. The van der Waals surface area contributed by atoms with Crippen molar-refractivity contribution in [2.75, 3.05) is 0 Å². The van der Waals surface area contributed by atoms with Crippen LogP contribution in [0.1, 0.15) is 11.1 Å². The number of aryl methyl sites for hydroxylation is 1. The van der Waals surface area contributed by atoms with Crippen molar-refractivity contribution in [1.29, 1.82) is 0 Å². The lowest BCUT2D eigenvalue weighted by Crippen LogP contribution is -1.80. The van der Waals surface area contributed by atoms with Gasteiger partial charge in [-0.15, -0.1) is 0 Å². The zero-order chi connectivity index (χ0) is 8.55. The number of benzene rings is 1. The van der Waals surface area contributed by atoms with Gasteiger partial charge < -0.3 is 0 Å². The van der Waals surface area contributed by atoms with Crippen molar-refractivity contribution in [3.05, 3.63) is 29.8 Å². The molecule has 2 aromatic rings. The molecule has 0 aliphatic rings. The van der Waals surface area contributed by atoms with Crippen LogP contribution in [0.5, 0.6) is 0 Å². The first-order chi connectivity index (χ1) is 5.83. The van der Waals surface area contributed by atoms with Crippen molar-refractivity contribution in [2.45, 2.75) is 6.92 Å². The lowest BCUT2D eigenvalue weighted by molar-refractivity contribution is 1.48. The van der Waals surface area contributed by atoms with E-state index < -0.39 is 0 Å². The van der Waals surface area contributed by atoms with Crippen LogP contribution in [0.2, 0.25) is 0 Å². The molecule has 0 fully saturated rings. The Balaban J connectivity index is 2.91. The number of hydrogen-bond donors (Lipinski definition) is 0. The van der Waals surface area contributed by atoms with Crippen LogP contribution in [-0.2, 0) is 0 Å². The summed E-state index contributed by atoms with van der Waals surface area (Å²) in [5.41, 5.74) is 4.20. The molecule has 3 heteroatoms. The number of nitrogens with zero attached hydrogens (tertiary/aromatic N) is 2. The number of aromatic nitrogens is 2. The molecule has 0 N–H and O–H groups in total. The van der Waals surface area contributed by atoms with Gasteiger partial charge in [0.2, 0.25) is 0 Å². The number of fused-ring (bicyclic) bond motifs is 1. The molecule has 1 heterocycles. The zero-order valence-corrected chi connectivity index (χ0v) is 7.56. The van der Waals surface area contributed by atoms with Gasteiger partial charge in [-0.05, 0) is 12.5 Å². The van der Waals surface area contributed by atoms with E-state index in [1.54, 1.807) is 0 Å². The molecular formula is C9H8N2S. The van der Waals surface area contributed by atoms with Crippen molar-refractivity contribution in [1.82, 2.24) is 8.75 Å². The van der Waals surface area contributed by atoms with Crippen molar-refractivity contribution >= 4 is 28.8 Å². The molecule has 2 rings (SSSR count). The minimum absolute atomic E-state index is 0.968. The van der Waals surface area contributed by atoms with Crippen LogP contribution >= 0.6 is 11.7 Å². The quantitative estimate of drug-likeness (QED) is 0.667. The maximum atomic E-state index is 4.21. The van der Waals surface area contributed by atoms with Crippen LogP contribution in [0.3, 0.4) is 0 Å². The van der Waals surface area contributed by atoms with Crippen LogP contribution in [0.4, 0.5) is 0 Å². The molecule has 0 saturated heterocycles. The van der Waals surface area contributed by atoms with E-state index in [1.165, 1.54) is 17.3 Å². The summed E-state index contributed by atoms with van der Waals surface area (Å²) < 4.78 is 8.42. The van der Waals surface area contributed by atoms with Gasteiger partial charge in [-0.3, -0.25) is 0 Å². The van der Waals surface area contributed by atoms with Gasteiger partial charge in [0.15, 0.2) is 0 Å². The summed E-state index contributed by atoms with van der Waals surface area (Å²) in [5.74, 6) is 0. The average molecular weight is 176 g/mol. The third kappa shape index (κ3) is 0.940. The van der Waals surface area contributed by atoms with Gasteiger partial charge in [0.25, 0.3) is 0 Å². The number of rotatable bonds is 1. The van der Waals surface area contributed by atoms with E-state index in [0.717, 1.165) is 16.6 Å². The Bertz CT molecular complexity index is 431. The molecule has 0 unspecified atom stereocenters. The molecule has 0 saturated carbocycles. The van der Waals surface area contributed by atoms with Crippen LogP contribution in [-0.4, -0.2) is 8.75 Å².